The van der Waals surface area contributed by atoms with Crippen molar-refractivity contribution in [1.82, 2.24) is 19.5 Å². The summed E-state index contributed by atoms with van der Waals surface area (Å²) in [5, 5.41) is 24.3. The van der Waals surface area contributed by atoms with E-state index in [1.165, 1.54) is 12.1 Å². The number of fused-ring (bicyclic) bond motifs is 4. The second kappa shape index (κ2) is 20.1. The average molecular weight is 867 g/mol. The summed E-state index contributed by atoms with van der Waals surface area (Å²) >= 11 is 6.40. The van der Waals surface area contributed by atoms with Crippen LogP contribution in [0, 0.1) is 27.7 Å². The van der Waals surface area contributed by atoms with Gasteiger partial charge in [0, 0.05) is 56.5 Å². The van der Waals surface area contributed by atoms with Gasteiger partial charge in [-0.25, -0.2) is 0 Å². The van der Waals surface area contributed by atoms with Gasteiger partial charge in [0.05, 0.1) is 28.6 Å². The Kier molecular flexibility index (Phi) is 18.0. The number of aromatic hydroxyl groups is 1. The second-order valence-electron chi connectivity index (χ2n) is 10.8. The molecular weight excluding hydrogens is 834 g/mol. The molecule has 17 heteroatoms. The first-order valence-electron chi connectivity index (χ1n) is 14.4. The SMILES string of the molecule is BrCCBr.Cc1cc(=O)[nH]c2c(O)c3[nH]c(=O)cc(C)c3cc12.Cc1cc(=O)[nH]c2c3c4c(cc12)c(C)cc(=O)n4CCO3.O=CO[O-].[H-].[K+].[K+]. The molecule has 50 heavy (non-hydrogen) atoms. The molecular formula is C33H32Br2K2N4O9. The number of halogens is 2. The van der Waals surface area contributed by atoms with Crippen LogP contribution in [0.4, 0.5) is 0 Å². The van der Waals surface area contributed by atoms with Gasteiger partial charge < -0.3 is 40.9 Å². The summed E-state index contributed by atoms with van der Waals surface area (Å²) in [6.07, 6.45) is 0. The Bertz CT molecular complexity index is 2360. The minimum atomic E-state index is -0.283. The third kappa shape index (κ3) is 9.94. The number of benzene rings is 2. The van der Waals surface area contributed by atoms with E-state index in [0.29, 0.717) is 35.5 Å². The molecule has 0 fully saturated rings. The molecule has 0 saturated carbocycles. The smallest absolute Gasteiger partial charge is 1.00 e. The molecule has 6 aromatic rings. The minimum Gasteiger partial charge on any atom is -1.00 e. The van der Waals surface area contributed by atoms with Crippen molar-refractivity contribution in [3.05, 3.63) is 100 Å². The maximum Gasteiger partial charge on any atom is 1.00 e. The maximum atomic E-state index is 12.2. The minimum absolute atomic E-state index is 0. The van der Waals surface area contributed by atoms with Crippen molar-refractivity contribution in [3.63, 3.8) is 0 Å². The standard InChI is InChI=1S/C16H14N2O3.C14H12N2O3.C2H4Br2.CH2O3.2K.H/c1-8-5-12(19)17-14-10(8)7-11-9(2)6-13(20)18-3-4-21-16(14)15(11)18;1-6-3-10(17)15-12-8(6)5-9-7(2)4-11(18)16-13(9)14(12)19;3-1-2-4;2-1-4-3;;;/h5-7H,3-4H2,1-2H3,(H,17,19);3-5,19H,1-2H3,(H,15,17)(H,16,18);1-2H2;1,3H;;;/q;;;;2*+1;-1/p-1. The molecule has 0 atom stereocenters. The monoisotopic (exact) mass is 864 g/mol. The van der Waals surface area contributed by atoms with E-state index in [0.717, 1.165) is 60.0 Å². The number of phenolic OH excluding ortho intramolecular Hbond substituents is 1. The summed E-state index contributed by atoms with van der Waals surface area (Å²) < 4.78 is 7.52. The number of nitrogens with zero attached hydrogens (tertiary/aromatic N) is 1. The average Bonchev–Trinajstić information content (AvgIpc) is 3.05. The van der Waals surface area contributed by atoms with Gasteiger partial charge in [-0.3, -0.25) is 24.0 Å². The van der Waals surface area contributed by atoms with Gasteiger partial charge in [0.25, 0.3) is 12.0 Å². The Morgan fingerprint density at radius 1 is 0.780 bits per heavy atom. The van der Waals surface area contributed by atoms with Gasteiger partial charge in [0.1, 0.15) is 6.61 Å². The summed E-state index contributed by atoms with van der Waals surface area (Å²) in [6.45, 7) is 8.23. The molecule has 0 aliphatic carbocycles. The number of alkyl halides is 2. The van der Waals surface area contributed by atoms with Crippen LogP contribution in [0.3, 0.4) is 0 Å². The van der Waals surface area contributed by atoms with E-state index in [1.54, 1.807) is 16.7 Å². The van der Waals surface area contributed by atoms with E-state index in [9.17, 15) is 24.3 Å². The van der Waals surface area contributed by atoms with Crippen molar-refractivity contribution >= 4 is 81.9 Å². The largest absolute Gasteiger partial charge is 1.00 e. The molecule has 0 spiro atoms. The topological polar surface area (TPSA) is 199 Å². The number of carbonyl (C=O) groups is 1. The number of hydrogen-bond acceptors (Lipinski definition) is 9. The molecule has 4 N–H and O–H groups in total. The number of nitrogens with one attached hydrogen (secondary N) is 3. The normalized spacial score (nSPS) is 11.0. The van der Waals surface area contributed by atoms with Crippen molar-refractivity contribution in [3.8, 4) is 11.5 Å². The van der Waals surface area contributed by atoms with Crippen LogP contribution in [0.1, 0.15) is 23.7 Å². The van der Waals surface area contributed by atoms with Crippen molar-refractivity contribution in [2.45, 2.75) is 34.2 Å². The van der Waals surface area contributed by atoms with Crippen LogP contribution >= 0.6 is 31.9 Å². The number of H-pyrrole nitrogens is 3. The second-order valence-corrected chi connectivity index (χ2v) is 12.4. The van der Waals surface area contributed by atoms with E-state index in [-0.39, 0.29) is 139 Å². The Morgan fingerprint density at radius 3 is 1.62 bits per heavy atom. The predicted octanol–water partition coefficient (Wildman–Crippen LogP) is -2.12. The first-order valence-corrected chi connectivity index (χ1v) is 16.7. The first kappa shape index (κ1) is 44.7. The fourth-order valence-electron chi connectivity index (χ4n) is 5.55. The third-order valence-electron chi connectivity index (χ3n) is 7.59. The Hall–Kier alpha value is -1.46. The van der Waals surface area contributed by atoms with Gasteiger partial charge in [0.2, 0.25) is 16.7 Å². The molecule has 0 unspecified atom stereocenters. The molecule has 0 saturated heterocycles. The van der Waals surface area contributed by atoms with Gasteiger partial charge in [-0.05, 0) is 62.1 Å². The summed E-state index contributed by atoms with van der Waals surface area (Å²) in [7, 11) is 0. The van der Waals surface area contributed by atoms with E-state index < -0.39 is 0 Å². The summed E-state index contributed by atoms with van der Waals surface area (Å²) in [6, 6.07) is 10.1. The number of carbonyl (C=O) groups excluding carboxylic acids is 1. The van der Waals surface area contributed by atoms with E-state index >= 15 is 0 Å². The molecule has 0 radical (unpaired) electrons. The molecule has 7 rings (SSSR count). The predicted molar refractivity (Wildman–Crippen MR) is 191 cm³/mol. The molecule has 1 aliphatic rings. The number of aryl methyl sites for hydroxylation is 4. The summed E-state index contributed by atoms with van der Waals surface area (Å²) in [5.74, 6) is 0.504. The number of ether oxygens (including phenoxy) is 1. The van der Waals surface area contributed by atoms with Gasteiger partial charge in [-0.1, -0.05) is 31.9 Å². The molecule has 0 amide bonds. The molecule has 5 heterocycles. The molecule has 2 aromatic carbocycles. The fraction of sp³-hybridized carbons (Fsp3) is 0.242. The van der Waals surface area contributed by atoms with Crippen LogP contribution in [0.2, 0.25) is 0 Å². The fourth-order valence-corrected chi connectivity index (χ4v) is 5.55. The zero-order valence-electron chi connectivity index (χ0n) is 29.3. The molecule has 13 nitrogen and oxygen atoms in total. The van der Waals surface area contributed by atoms with Crippen LogP contribution in [0.5, 0.6) is 11.5 Å². The third-order valence-corrected chi connectivity index (χ3v) is 9.45. The zero-order chi connectivity index (χ0) is 35.3. The summed E-state index contributed by atoms with van der Waals surface area (Å²) in [4.78, 5) is 66.2. The van der Waals surface area contributed by atoms with Crippen LogP contribution in [0.15, 0.2) is 55.6 Å². The van der Waals surface area contributed by atoms with Gasteiger partial charge >= 0.3 is 103 Å². The molecule has 254 valence electrons. The number of phenols is 1. The summed E-state index contributed by atoms with van der Waals surface area (Å²) in [5.41, 5.74) is 4.77. The number of hydrogen-bond donors (Lipinski definition) is 4. The number of aromatic nitrogens is 4. The van der Waals surface area contributed by atoms with Crippen molar-refractivity contribution in [2.24, 2.45) is 0 Å². The molecule has 4 aromatic heterocycles. The Balaban J connectivity index is 0.000000404. The Labute approximate surface area is 387 Å². The zero-order valence-corrected chi connectivity index (χ0v) is 37.7. The van der Waals surface area contributed by atoms with E-state index in [2.05, 4.69) is 51.7 Å². The first-order chi connectivity index (χ1) is 22.9. The van der Waals surface area contributed by atoms with Crippen LogP contribution in [-0.2, 0) is 16.2 Å². The number of aromatic amines is 3. The van der Waals surface area contributed by atoms with E-state index in [1.807, 2.05) is 39.8 Å². The number of rotatable bonds is 2. The van der Waals surface area contributed by atoms with E-state index in [4.69, 9.17) is 14.8 Å². The van der Waals surface area contributed by atoms with Gasteiger partial charge in [-0.15, -0.1) is 0 Å². The molecule has 1 aliphatic heterocycles. The van der Waals surface area contributed by atoms with Crippen molar-refractivity contribution in [2.75, 3.05) is 17.3 Å². The Morgan fingerprint density at radius 2 is 1.18 bits per heavy atom. The van der Waals surface area contributed by atoms with Gasteiger partial charge in [-0.2, -0.15) is 0 Å². The molecule has 0 bridgehead atoms. The van der Waals surface area contributed by atoms with Crippen molar-refractivity contribution < 1.29 is 129 Å². The maximum absolute atomic E-state index is 12.2. The van der Waals surface area contributed by atoms with Crippen LogP contribution < -0.4 is 135 Å². The number of pyridine rings is 4. The van der Waals surface area contributed by atoms with Crippen molar-refractivity contribution in [1.29, 1.82) is 0 Å². The van der Waals surface area contributed by atoms with Gasteiger partial charge in [0.15, 0.2) is 11.5 Å². The quantitative estimate of drug-likeness (QED) is 0.0376. The van der Waals surface area contributed by atoms with Crippen LogP contribution in [0.25, 0.3) is 43.6 Å². The van der Waals surface area contributed by atoms with Crippen LogP contribution in [-0.4, -0.2) is 48.4 Å².